The van der Waals surface area contributed by atoms with Gasteiger partial charge in [0.15, 0.2) is 0 Å². The van der Waals surface area contributed by atoms with Gasteiger partial charge in [0.25, 0.3) is 0 Å². The highest BCUT2D eigenvalue weighted by molar-refractivity contribution is 5.58. The van der Waals surface area contributed by atoms with Gasteiger partial charge in [-0.2, -0.15) is 0 Å². The Morgan fingerprint density at radius 3 is 1.69 bits per heavy atom. The van der Waals surface area contributed by atoms with E-state index in [2.05, 4.69) is 4.98 Å². The van der Waals surface area contributed by atoms with E-state index in [1.54, 1.807) is 0 Å². The summed E-state index contributed by atoms with van der Waals surface area (Å²) in [5.41, 5.74) is 6.48. The Morgan fingerprint density at radius 2 is 1.38 bits per heavy atom. The van der Waals surface area contributed by atoms with Crippen LogP contribution < -0.4 is 15.5 Å². The third-order valence-electron chi connectivity index (χ3n) is 1.74. The summed E-state index contributed by atoms with van der Waals surface area (Å²) in [7, 11) is 7.78. The summed E-state index contributed by atoms with van der Waals surface area (Å²) in [6.45, 7) is 0. The second-order valence-corrected chi connectivity index (χ2v) is 3.41. The number of hydrogen-bond acceptors (Lipinski definition) is 4. The third-order valence-corrected chi connectivity index (χ3v) is 1.74. The summed E-state index contributed by atoms with van der Waals surface area (Å²) in [5.74, 6) is 1.76. The highest BCUT2D eigenvalue weighted by atomic mass is 15.2. The van der Waals surface area contributed by atoms with Crippen molar-refractivity contribution in [2.45, 2.75) is 0 Å². The van der Waals surface area contributed by atoms with E-state index >= 15 is 0 Å². The average molecular weight is 180 g/mol. The molecule has 0 bridgehead atoms. The van der Waals surface area contributed by atoms with Gasteiger partial charge in [-0.1, -0.05) is 0 Å². The molecular formula is C9H16N4. The van der Waals surface area contributed by atoms with Gasteiger partial charge in [0.1, 0.15) is 11.6 Å². The van der Waals surface area contributed by atoms with Gasteiger partial charge in [0, 0.05) is 46.0 Å². The maximum absolute atomic E-state index is 5.74. The first-order valence-corrected chi connectivity index (χ1v) is 4.13. The zero-order chi connectivity index (χ0) is 10.0. The van der Waals surface area contributed by atoms with Crippen LogP contribution in [-0.4, -0.2) is 33.2 Å². The second-order valence-electron chi connectivity index (χ2n) is 3.41. The van der Waals surface area contributed by atoms with Crippen LogP contribution >= 0.6 is 0 Å². The van der Waals surface area contributed by atoms with Crippen LogP contribution in [0.1, 0.15) is 0 Å². The molecule has 0 aliphatic rings. The molecule has 0 radical (unpaired) electrons. The number of nitrogens with zero attached hydrogens (tertiary/aromatic N) is 3. The zero-order valence-corrected chi connectivity index (χ0v) is 8.57. The molecule has 1 rings (SSSR count). The molecule has 2 N–H and O–H groups in total. The molecule has 0 amide bonds. The Morgan fingerprint density at radius 1 is 1.00 bits per heavy atom. The van der Waals surface area contributed by atoms with Gasteiger partial charge >= 0.3 is 0 Å². The fraction of sp³-hybridized carbons (Fsp3) is 0.444. The van der Waals surface area contributed by atoms with Crippen molar-refractivity contribution in [1.82, 2.24) is 4.98 Å². The molecule has 72 valence electrons. The van der Waals surface area contributed by atoms with Crippen LogP contribution in [0, 0.1) is 0 Å². The van der Waals surface area contributed by atoms with Gasteiger partial charge in [0.05, 0.1) is 0 Å². The molecule has 4 heteroatoms. The lowest BCUT2D eigenvalue weighted by Gasteiger charge is -2.17. The van der Waals surface area contributed by atoms with Crippen LogP contribution in [-0.2, 0) is 0 Å². The molecule has 0 aliphatic heterocycles. The van der Waals surface area contributed by atoms with Crippen molar-refractivity contribution in [3.63, 3.8) is 0 Å². The molecule has 1 aromatic heterocycles. The predicted molar refractivity (Wildman–Crippen MR) is 57.3 cm³/mol. The molecule has 0 spiro atoms. The number of rotatable bonds is 2. The SMILES string of the molecule is CN(C)c1cc(N)cc(N(C)C)n1. The van der Waals surface area contributed by atoms with Gasteiger partial charge in [0.2, 0.25) is 0 Å². The minimum atomic E-state index is 0.738. The quantitative estimate of drug-likeness (QED) is 0.731. The number of anilines is 3. The van der Waals surface area contributed by atoms with E-state index in [0.29, 0.717) is 0 Å². The molecule has 1 heterocycles. The maximum atomic E-state index is 5.74. The molecule has 0 atom stereocenters. The highest BCUT2D eigenvalue weighted by Gasteiger charge is 2.03. The Bertz CT molecular complexity index is 267. The van der Waals surface area contributed by atoms with E-state index in [-0.39, 0.29) is 0 Å². The fourth-order valence-electron chi connectivity index (χ4n) is 0.980. The standard InChI is InChI=1S/C9H16N4/c1-12(2)8-5-7(10)6-9(11-8)13(3)4/h5-6H,1-4H3,(H2,10,11). The summed E-state index contributed by atoms with van der Waals surface area (Å²) in [6, 6.07) is 3.71. The van der Waals surface area contributed by atoms with Gasteiger partial charge in [-0.3, -0.25) is 0 Å². The smallest absolute Gasteiger partial charge is 0.132 e. The minimum absolute atomic E-state index is 0.738. The summed E-state index contributed by atoms with van der Waals surface area (Å²) < 4.78 is 0. The molecule has 13 heavy (non-hydrogen) atoms. The van der Waals surface area contributed by atoms with E-state index < -0.39 is 0 Å². The van der Waals surface area contributed by atoms with E-state index in [9.17, 15) is 0 Å². The molecule has 0 aromatic carbocycles. The number of pyridine rings is 1. The second kappa shape index (κ2) is 3.51. The van der Waals surface area contributed by atoms with Crippen LogP contribution in [0.4, 0.5) is 17.3 Å². The van der Waals surface area contributed by atoms with Gasteiger partial charge in [-0.25, -0.2) is 4.98 Å². The maximum Gasteiger partial charge on any atom is 0.132 e. The van der Waals surface area contributed by atoms with Crippen LogP contribution in [0.5, 0.6) is 0 Å². The Balaban J connectivity index is 3.11. The van der Waals surface area contributed by atoms with Crippen molar-refractivity contribution in [1.29, 1.82) is 0 Å². The average Bonchev–Trinajstić information content (AvgIpc) is 2.03. The summed E-state index contributed by atoms with van der Waals surface area (Å²) >= 11 is 0. The van der Waals surface area contributed by atoms with Gasteiger partial charge in [-0.15, -0.1) is 0 Å². The lowest BCUT2D eigenvalue weighted by atomic mass is 10.3. The molecular weight excluding hydrogens is 164 g/mol. The summed E-state index contributed by atoms with van der Waals surface area (Å²) in [4.78, 5) is 8.27. The van der Waals surface area contributed by atoms with Crippen molar-refractivity contribution in [2.75, 3.05) is 43.7 Å². The van der Waals surface area contributed by atoms with E-state index in [4.69, 9.17) is 5.73 Å². The summed E-state index contributed by atoms with van der Waals surface area (Å²) in [6.07, 6.45) is 0. The molecule has 0 saturated heterocycles. The van der Waals surface area contributed by atoms with Crippen molar-refractivity contribution >= 4 is 17.3 Å². The van der Waals surface area contributed by atoms with Gasteiger partial charge < -0.3 is 15.5 Å². The molecule has 1 aromatic rings. The predicted octanol–water partition coefficient (Wildman–Crippen LogP) is 0.796. The van der Waals surface area contributed by atoms with Crippen LogP contribution in [0.25, 0.3) is 0 Å². The number of nitrogen functional groups attached to an aromatic ring is 1. The first-order chi connectivity index (χ1) is 6.00. The van der Waals surface area contributed by atoms with Crippen molar-refractivity contribution in [3.05, 3.63) is 12.1 Å². The lowest BCUT2D eigenvalue weighted by molar-refractivity contribution is 1.02. The molecule has 0 aliphatic carbocycles. The van der Waals surface area contributed by atoms with Crippen LogP contribution in [0.2, 0.25) is 0 Å². The Hall–Kier alpha value is -1.45. The van der Waals surface area contributed by atoms with Gasteiger partial charge in [-0.05, 0) is 0 Å². The molecule has 4 nitrogen and oxygen atoms in total. The van der Waals surface area contributed by atoms with E-state index in [0.717, 1.165) is 17.3 Å². The van der Waals surface area contributed by atoms with E-state index in [1.807, 2.05) is 50.1 Å². The molecule has 0 fully saturated rings. The normalized spacial score (nSPS) is 9.85. The Labute approximate surface area is 79.0 Å². The largest absolute Gasteiger partial charge is 0.399 e. The third kappa shape index (κ3) is 2.24. The van der Waals surface area contributed by atoms with Crippen LogP contribution in [0.3, 0.4) is 0 Å². The number of aromatic nitrogens is 1. The number of hydrogen-bond donors (Lipinski definition) is 1. The first-order valence-electron chi connectivity index (χ1n) is 4.13. The fourth-order valence-corrected chi connectivity index (χ4v) is 0.980. The zero-order valence-electron chi connectivity index (χ0n) is 8.57. The lowest BCUT2D eigenvalue weighted by Crippen LogP contribution is -2.15. The summed E-state index contributed by atoms with van der Waals surface area (Å²) in [5, 5.41) is 0. The van der Waals surface area contributed by atoms with E-state index in [1.165, 1.54) is 0 Å². The minimum Gasteiger partial charge on any atom is -0.399 e. The van der Waals surface area contributed by atoms with Crippen molar-refractivity contribution < 1.29 is 0 Å². The first kappa shape index (κ1) is 9.64. The topological polar surface area (TPSA) is 45.4 Å². The van der Waals surface area contributed by atoms with Crippen LogP contribution in [0.15, 0.2) is 12.1 Å². The monoisotopic (exact) mass is 180 g/mol. The number of nitrogens with two attached hydrogens (primary N) is 1. The molecule has 0 saturated carbocycles. The van der Waals surface area contributed by atoms with Crippen molar-refractivity contribution in [2.24, 2.45) is 0 Å². The highest BCUT2D eigenvalue weighted by Crippen LogP contribution is 2.19. The van der Waals surface area contributed by atoms with Crippen molar-refractivity contribution in [3.8, 4) is 0 Å². The molecule has 0 unspecified atom stereocenters. The Kier molecular flexibility index (Phi) is 2.60.